The molecule has 2 aromatic carbocycles. The molecule has 170 valence electrons. The number of rotatable bonds is 7. The lowest BCUT2D eigenvalue weighted by molar-refractivity contribution is -0.137. The third-order valence-corrected chi connectivity index (χ3v) is 5.79. The summed E-state index contributed by atoms with van der Waals surface area (Å²) < 4.78 is 16.8. The number of aryl methyl sites for hydroxylation is 1. The average Bonchev–Trinajstić information content (AvgIpc) is 3.06. The van der Waals surface area contributed by atoms with Crippen LogP contribution in [0, 0.1) is 0 Å². The van der Waals surface area contributed by atoms with Crippen molar-refractivity contribution in [1.29, 1.82) is 0 Å². The van der Waals surface area contributed by atoms with E-state index in [1.54, 1.807) is 4.90 Å². The van der Waals surface area contributed by atoms with Crippen LogP contribution in [0.25, 0.3) is 0 Å². The van der Waals surface area contributed by atoms with Crippen LogP contribution in [0.3, 0.4) is 0 Å². The minimum absolute atomic E-state index is 0.0397. The molecule has 2 heterocycles. The van der Waals surface area contributed by atoms with Crippen molar-refractivity contribution < 1.29 is 23.8 Å². The molecule has 0 bridgehead atoms. The van der Waals surface area contributed by atoms with Gasteiger partial charge in [0.25, 0.3) is 0 Å². The van der Waals surface area contributed by atoms with Gasteiger partial charge in [0.15, 0.2) is 0 Å². The van der Waals surface area contributed by atoms with Gasteiger partial charge in [0.1, 0.15) is 19.0 Å². The monoisotopic (exact) mass is 438 g/mol. The molecule has 32 heavy (non-hydrogen) atoms. The molecular formula is C25H30N2O5. The summed E-state index contributed by atoms with van der Waals surface area (Å²) in [6.45, 7) is 4.46. The minimum Gasteiger partial charge on any atom is -0.491 e. The number of carbonyl (C=O) groups excluding carboxylic acids is 2. The first kappa shape index (κ1) is 22.3. The zero-order chi connectivity index (χ0) is 22.2. The maximum Gasteiger partial charge on any atom is 0.249 e. The maximum atomic E-state index is 12.7. The second-order valence-electron chi connectivity index (χ2n) is 8.08. The SMILES string of the molecule is O=C(CCc1ccc2c(c1)CN(C(=O)COCc1ccccc1)CCO2)N1CCOCC1. The Labute approximate surface area is 188 Å². The smallest absolute Gasteiger partial charge is 0.249 e. The molecule has 7 nitrogen and oxygen atoms in total. The highest BCUT2D eigenvalue weighted by Gasteiger charge is 2.21. The summed E-state index contributed by atoms with van der Waals surface area (Å²) in [5.41, 5.74) is 3.08. The molecule has 0 atom stereocenters. The van der Waals surface area contributed by atoms with Crippen LogP contribution in [0.4, 0.5) is 0 Å². The lowest BCUT2D eigenvalue weighted by Crippen LogP contribution is -2.40. The highest BCUT2D eigenvalue weighted by atomic mass is 16.5. The lowest BCUT2D eigenvalue weighted by Gasteiger charge is -2.26. The molecule has 0 unspecified atom stereocenters. The molecule has 7 heteroatoms. The fourth-order valence-corrected chi connectivity index (χ4v) is 3.96. The minimum atomic E-state index is -0.0507. The van der Waals surface area contributed by atoms with E-state index in [-0.39, 0.29) is 18.4 Å². The van der Waals surface area contributed by atoms with Gasteiger partial charge in [-0.2, -0.15) is 0 Å². The van der Waals surface area contributed by atoms with Gasteiger partial charge in [0.2, 0.25) is 11.8 Å². The van der Waals surface area contributed by atoms with Crippen molar-refractivity contribution in [2.24, 2.45) is 0 Å². The molecule has 0 aromatic heterocycles. The molecule has 1 saturated heterocycles. The number of fused-ring (bicyclic) bond motifs is 1. The van der Waals surface area contributed by atoms with Gasteiger partial charge >= 0.3 is 0 Å². The fourth-order valence-electron chi connectivity index (χ4n) is 3.96. The summed E-state index contributed by atoms with van der Waals surface area (Å²) in [4.78, 5) is 28.8. The summed E-state index contributed by atoms with van der Waals surface area (Å²) >= 11 is 0. The number of carbonyl (C=O) groups is 2. The summed E-state index contributed by atoms with van der Waals surface area (Å²) in [5.74, 6) is 0.908. The topological polar surface area (TPSA) is 68.3 Å². The molecule has 2 aliphatic heterocycles. The van der Waals surface area contributed by atoms with E-state index in [2.05, 4.69) is 6.07 Å². The number of amides is 2. The first-order chi connectivity index (χ1) is 15.7. The zero-order valence-corrected chi connectivity index (χ0v) is 18.3. The Morgan fingerprint density at radius 1 is 0.875 bits per heavy atom. The van der Waals surface area contributed by atoms with Crippen molar-refractivity contribution in [3.05, 3.63) is 65.2 Å². The van der Waals surface area contributed by atoms with Gasteiger partial charge in [0.05, 0.1) is 26.4 Å². The Morgan fingerprint density at radius 3 is 2.47 bits per heavy atom. The number of benzene rings is 2. The predicted octanol–water partition coefficient (Wildman–Crippen LogP) is 2.42. The summed E-state index contributed by atoms with van der Waals surface area (Å²) in [6, 6.07) is 15.8. The van der Waals surface area contributed by atoms with Crippen molar-refractivity contribution in [2.75, 3.05) is 46.1 Å². The zero-order valence-electron chi connectivity index (χ0n) is 18.3. The summed E-state index contributed by atoms with van der Waals surface area (Å²) in [5, 5.41) is 0. The third kappa shape index (κ3) is 6.08. The lowest BCUT2D eigenvalue weighted by atomic mass is 10.0. The highest BCUT2D eigenvalue weighted by Crippen LogP contribution is 2.25. The van der Waals surface area contributed by atoms with Crippen molar-refractivity contribution in [2.45, 2.75) is 26.0 Å². The van der Waals surface area contributed by atoms with Crippen LogP contribution in [-0.4, -0.2) is 67.7 Å². The van der Waals surface area contributed by atoms with Crippen molar-refractivity contribution in [3.8, 4) is 5.75 Å². The average molecular weight is 439 g/mol. The molecule has 2 aliphatic rings. The molecular weight excluding hydrogens is 408 g/mol. The third-order valence-electron chi connectivity index (χ3n) is 5.79. The van der Waals surface area contributed by atoms with Gasteiger partial charge in [-0.1, -0.05) is 42.5 Å². The highest BCUT2D eigenvalue weighted by molar-refractivity contribution is 5.78. The number of hydrogen-bond acceptors (Lipinski definition) is 5. The summed E-state index contributed by atoms with van der Waals surface area (Å²) in [6.07, 6.45) is 1.13. The van der Waals surface area contributed by atoms with Gasteiger partial charge in [-0.05, 0) is 23.6 Å². The molecule has 0 spiro atoms. The van der Waals surface area contributed by atoms with Crippen LogP contribution >= 0.6 is 0 Å². The van der Waals surface area contributed by atoms with Crippen LogP contribution < -0.4 is 4.74 Å². The van der Waals surface area contributed by atoms with E-state index in [0.717, 1.165) is 22.4 Å². The van der Waals surface area contributed by atoms with E-state index in [1.807, 2.05) is 47.4 Å². The fraction of sp³-hybridized carbons (Fsp3) is 0.440. The number of nitrogens with zero attached hydrogens (tertiary/aromatic N) is 2. The second kappa shape index (κ2) is 11.1. The van der Waals surface area contributed by atoms with Gasteiger partial charge in [-0.25, -0.2) is 0 Å². The largest absolute Gasteiger partial charge is 0.491 e. The summed E-state index contributed by atoms with van der Waals surface area (Å²) in [7, 11) is 0. The normalized spacial score (nSPS) is 16.1. The molecule has 0 radical (unpaired) electrons. The van der Waals surface area contributed by atoms with E-state index >= 15 is 0 Å². The van der Waals surface area contributed by atoms with Gasteiger partial charge in [-0.15, -0.1) is 0 Å². The Bertz CT molecular complexity index is 912. The molecule has 0 aliphatic carbocycles. The van der Waals surface area contributed by atoms with E-state index in [0.29, 0.717) is 65.4 Å². The molecule has 0 N–H and O–H groups in total. The molecule has 2 aromatic rings. The van der Waals surface area contributed by atoms with Gasteiger partial charge < -0.3 is 24.0 Å². The predicted molar refractivity (Wildman–Crippen MR) is 119 cm³/mol. The van der Waals surface area contributed by atoms with Crippen molar-refractivity contribution >= 4 is 11.8 Å². The number of morpholine rings is 1. The Balaban J connectivity index is 1.31. The Kier molecular flexibility index (Phi) is 7.74. The molecule has 2 amide bonds. The van der Waals surface area contributed by atoms with Crippen molar-refractivity contribution in [3.63, 3.8) is 0 Å². The van der Waals surface area contributed by atoms with E-state index in [9.17, 15) is 9.59 Å². The van der Waals surface area contributed by atoms with Crippen LogP contribution in [0.2, 0.25) is 0 Å². The van der Waals surface area contributed by atoms with Gasteiger partial charge in [-0.3, -0.25) is 9.59 Å². The number of hydrogen-bond donors (Lipinski definition) is 0. The Hall–Kier alpha value is -2.90. The first-order valence-corrected chi connectivity index (χ1v) is 11.2. The standard InChI is InChI=1S/C25H30N2O5/c28-24(26-10-13-30-14-11-26)9-7-20-6-8-23-22(16-20)17-27(12-15-32-23)25(29)19-31-18-21-4-2-1-3-5-21/h1-6,8,16H,7,9-15,17-19H2. The second-order valence-corrected chi connectivity index (χ2v) is 8.08. The van der Waals surface area contributed by atoms with E-state index in [4.69, 9.17) is 14.2 Å². The van der Waals surface area contributed by atoms with Crippen LogP contribution in [0.15, 0.2) is 48.5 Å². The number of ether oxygens (including phenoxy) is 3. The van der Waals surface area contributed by atoms with Crippen LogP contribution in [0.5, 0.6) is 5.75 Å². The van der Waals surface area contributed by atoms with Crippen LogP contribution in [-0.2, 0) is 38.6 Å². The molecule has 0 saturated carbocycles. The van der Waals surface area contributed by atoms with E-state index < -0.39 is 0 Å². The quantitative estimate of drug-likeness (QED) is 0.664. The maximum absolute atomic E-state index is 12.7. The molecule has 4 rings (SSSR count). The van der Waals surface area contributed by atoms with Crippen LogP contribution in [0.1, 0.15) is 23.1 Å². The van der Waals surface area contributed by atoms with Crippen molar-refractivity contribution in [1.82, 2.24) is 9.80 Å². The first-order valence-electron chi connectivity index (χ1n) is 11.2. The molecule has 1 fully saturated rings. The van der Waals surface area contributed by atoms with Gasteiger partial charge in [0, 0.05) is 31.6 Å². The Morgan fingerprint density at radius 2 is 1.66 bits per heavy atom. The van der Waals surface area contributed by atoms with E-state index in [1.165, 1.54) is 0 Å².